The van der Waals surface area contributed by atoms with Gasteiger partial charge in [-0.3, -0.25) is 19.2 Å². The van der Waals surface area contributed by atoms with Crippen molar-refractivity contribution in [3.05, 3.63) is 41.5 Å². The average molecular weight is 610 g/mol. The third-order valence-electron chi connectivity index (χ3n) is 10.7. The lowest BCUT2D eigenvalue weighted by atomic mass is 9.62. The molecule has 2 aliphatic carbocycles. The zero-order valence-corrected chi connectivity index (χ0v) is 24.5. The number of aliphatic hydroxyl groups is 1. The summed E-state index contributed by atoms with van der Waals surface area (Å²) in [5, 5.41) is 13.5. The first-order valence-corrected chi connectivity index (χ1v) is 16.0. The fourth-order valence-corrected chi connectivity index (χ4v) is 8.52. The Labute approximate surface area is 255 Å². The van der Waals surface area contributed by atoms with E-state index in [0.29, 0.717) is 37.5 Å². The monoisotopic (exact) mass is 609 g/mol. The first-order valence-electron chi connectivity index (χ1n) is 16.0. The maximum absolute atomic E-state index is 14.8. The highest BCUT2D eigenvalue weighted by molar-refractivity contribution is 5.96. The molecule has 5 heterocycles. The molecule has 10 unspecified atom stereocenters. The molecule has 5 aliphatic heterocycles. The molecule has 2 bridgehead atoms. The summed E-state index contributed by atoms with van der Waals surface area (Å²) in [6.07, 6.45) is 7.32. The molecule has 2 N–H and O–H groups in total. The fraction of sp³-hybridized carbons (Fsp3) is 0.656. The number of amides is 2. The molecule has 7 aliphatic rings. The lowest BCUT2D eigenvalue weighted by molar-refractivity contribution is -0.204. The highest BCUT2D eigenvalue weighted by Gasteiger charge is 2.75. The van der Waals surface area contributed by atoms with Gasteiger partial charge in [0.15, 0.2) is 6.04 Å². The predicted molar refractivity (Wildman–Crippen MR) is 152 cm³/mol. The van der Waals surface area contributed by atoms with Gasteiger partial charge in [-0.05, 0) is 49.1 Å². The van der Waals surface area contributed by atoms with Crippen molar-refractivity contribution in [2.45, 2.75) is 93.8 Å². The van der Waals surface area contributed by atoms with Crippen molar-refractivity contribution in [2.24, 2.45) is 11.3 Å². The van der Waals surface area contributed by atoms with Crippen molar-refractivity contribution in [2.75, 3.05) is 26.5 Å². The number of carbonyl (C=O) groups is 3. The summed E-state index contributed by atoms with van der Waals surface area (Å²) in [6, 6.07) is 6.31. The average Bonchev–Trinajstić information content (AvgIpc) is 3.35. The van der Waals surface area contributed by atoms with Crippen LogP contribution < -0.4 is 5.32 Å². The zero-order valence-electron chi connectivity index (χ0n) is 24.5. The first kappa shape index (κ1) is 28.6. The number of aliphatic hydroxyl groups excluding tert-OH is 1. The summed E-state index contributed by atoms with van der Waals surface area (Å²) in [7, 11) is 0. The van der Waals surface area contributed by atoms with E-state index >= 15 is 0 Å². The molecule has 12 heteroatoms. The highest BCUT2D eigenvalue weighted by atomic mass is 16.8. The summed E-state index contributed by atoms with van der Waals surface area (Å²) < 4.78 is 23.5. The van der Waals surface area contributed by atoms with E-state index in [-0.39, 0.29) is 44.7 Å². The fourth-order valence-electron chi connectivity index (χ4n) is 8.52. The number of carbonyl (C=O) groups excluding carboxylic acids is 3. The molecule has 5 saturated heterocycles. The SMILES string of the molecule is O=C(NCCO)C1CCCN1C(=O)C12CC3OC(=O)C1N(Cc1ccccc1C=CC1CCC4OC4C1)OC2C1OCOC31. The van der Waals surface area contributed by atoms with Crippen LogP contribution in [0.4, 0.5) is 0 Å². The topological polar surface area (TPSA) is 139 Å². The van der Waals surface area contributed by atoms with Crippen molar-refractivity contribution in [1.29, 1.82) is 0 Å². The Morgan fingerprint density at radius 2 is 1.95 bits per heavy atom. The van der Waals surface area contributed by atoms with E-state index in [1.807, 2.05) is 24.3 Å². The van der Waals surface area contributed by atoms with Crippen molar-refractivity contribution in [1.82, 2.24) is 15.3 Å². The molecule has 0 aromatic heterocycles. The minimum Gasteiger partial charge on any atom is -0.458 e. The molecule has 10 atom stereocenters. The van der Waals surface area contributed by atoms with Crippen LogP contribution in [0, 0.1) is 11.3 Å². The van der Waals surface area contributed by atoms with Gasteiger partial charge in [0, 0.05) is 19.5 Å². The number of esters is 1. The quantitative estimate of drug-likeness (QED) is 0.323. The van der Waals surface area contributed by atoms with Crippen LogP contribution >= 0.6 is 0 Å². The third kappa shape index (κ3) is 4.61. The molecular weight excluding hydrogens is 570 g/mol. The van der Waals surface area contributed by atoms with Crippen LogP contribution in [0.1, 0.15) is 49.7 Å². The summed E-state index contributed by atoms with van der Waals surface area (Å²) in [5.74, 6) is -0.666. The second-order valence-electron chi connectivity index (χ2n) is 13.1. The summed E-state index contributed by atoms with van der Waals surface area (Å²) in [6.45, 7) is 0.592. The smallest absolute Gasteiger partial charge is 0.327 e. The second-order valence-corrected chi connectivity index (χ2v) is 13.1. The number of benzene rings is 1. The van der Waals surface area contributed by atoms with Crippen molar-refractivity contribution >= 4 is 23.9 Å². The van der Waals surface area contributed by atoms with E-state index in [9.17, 15) is 19.5 Å². The molecule has 1 aromatic carbocycles. The number of rotatable bonds is 8. The number of allylic oxidation sites excluding steroid dienone is 1. The van der Waals surface area contributed by atoms with Crippen LogP contribution in [0.5, 0.6) is 0 Å². The molecule has 44 heavy (non-hydrogen) atoms. The van der Waals surface area contributed by atoms with Crippen molar-refractivity contribution in [3.8, 4) is 0 Å². The predicted octanol–water partition coefficient (Wildman–Crippen LogP) is 0.908. The minimum atomic E-state index is -1.30. The normalized spacial score (nSPS) is 40.5. The third-order valence-corrected chi connectivity index (χ3v) is 10.7. The van der Waals surface area contributed by atoms with E-state index in [4.69, 9.17) is 23.8 Å². The van der Waals surface area contributed by atoms with Gasteiger partial charge in [-0.25, -0.2) is 0 Å². The van der Waals surface area contributed by atoms with Gasteiger partial charge in [0.25, 0.3) is 0 Å². The van der Waals surface area contributed by atoms with E-state index in [1.54, 1.807) is 9.96 Å². The van der Waals surface area contributed by atoms with Gasteiger partial charge in [-0.15, -0.1) is 0 Å². The van der Waals surface area contributed by atoms with Gasteiger partial charge >= 0.3 is 5.97 Å². The van der Waals surface area contributed by atoms with Crippen LogP contribution in [0.25, 0.3) is 6.08 Å². The molecule has 1 aromatic rings. The Morgan fingerprint density at radius 1 is 1.09 bits per heavy atom. The van der Waals surface area contributed by atoms with Gasteiger partial charge in [-0.1, -0.05) is 36.4 Å². The number of fused-ring (bicyclic) bond motifs is 5. The molecule has 0 spiro atoms. The Kier molecular flexibility index (Phi) is 7.27. The van der Waals surface area contributed by atoms with E-state index in [2.05, 4.69) is 17.5 Å². The first-order chi connectivity index (χ1) is 21.5. The highest BCUT2D eigenvalue weighted by Crippen LogP contribution is 2.56. The standard InChI is InChI=1S/C32H39N3O9/c36-13-11-33-29(37)21-6-3-12-34(21)31(39)32-15-24-25-26(41-17-40-25)28(32)44-35(27(32)30(38)43-24)16-20-5-2-1-4-19(20)9-7-18-8-10-22-23(14-18)42-22/h1-2,4-5,7,9,18,21-28,36H,3,6,8,10-17H2,(H,33,37). The molecular formula is C32H39N3O9. The molecule has 12 nitrogen and oxygen atoms in total. The number of hydrogen-bond acceptors (Lipinski definition) is 10. The van der Waals surface area contributed by atoms with Crippen LogP contribution in [0.3, 0.4) is 0 Å². The van der Waals surface area contributed by atoms with Crippen LogP contribution in [0.2, 0.25) is 0 Å². The van der Waals surface area contributed by atoms with Crippen LogP contribution in [-0.4, -0.2) is 108 Å². The van der Waals surface area contributed by atoms with Gasteiger partial charge in [-0.2, -0.15) is 5.06 Å². The second kappa shape index (κ2) is 11.2. The largest absolute Gasteiger partial charge is 0.458 e. The Hall–Kier alpha value is -2.87. The number of hydrogen-bond donors (Lipinski definition) is 2. The number of epoxide rings is 1. The molecule has 236 valence electrons. The van der Waals surface area contributed by atoms with Gasteiger partial charge in [0.05, 0.1) is 25.4 Å². The van der Waals surface area contributed by atoms with Crippen LogP contribution in [-0.2, 0) is 44.7 Å². The van der Waals surface area contributed by atoms with Gasteiger partial charge in [0.1, 0.15) is 42.7 Å². The Morgan fingerprint density at radius 3 is 2.82 bits per heavy atom. The maximum atomic E-state index is 14.8. The molecule has 0 radical (unpaired) electrons. The number of hydroxylamine groups is 2. The Bertz CT molecular complexity index is 1360. The molecule has 8 rings (SSSR count). The number of ether oxygens (including phenoxy) is 4. The molecule has 2 saturated carbocycles. The minimum absolute atomic E-state index is 0.0233. The van der Waals surface area contributed by atoms with E-state index < -0.39 is 47.9 Å². The van der Waals surface area contributed by atoms with Gasteiger partial charge < -0.3 is 34.3 Å². The summed E-state index contributed by atoms with van der Waals surface area (Å²) >= 11 is 0. The summed E-state index contributed by atoms with van der Waals surface area (Å²) in [5.41, 5.74) is 0.673. The van der Waals surface area contributed by atoms with E-state index in [1.165, 1.54) is 0 Å². The number of nitrogens with zero attached hydrogens (tertiary/aromatic N) is 2. The maximum Gasteiger partial charge on any atom is 0.327 e. The van der Waals surface area contributed by atoms with Gasteiger partial charge in [0.2, 0.25) is 11.8 Å². The molecule has 2 amide bonds. The lowest BCUT2D eigenvalue weighted by Gasteiger charge is -2.50. The zero-order chi connectivity index (χ0) is 30.0. The Balaban J connectivity index is 1.10. The van der Waals surface area contributed by atoms with Crippen molar-refractivity contribution in [3.63, 3.8) is 0 Å². The van der Waals surface area contributed by atoms with E-state index in [0.717, 1.165) is 30.4 Å². The van der Waals surface area contributed by atoms with Crippen molar-refractivity contribution < 1.29 is 43.3 Å². The number of likely N-dealkylation sites (tertiary alicyclic amines) is 1. The lowest BCUT2D eigenvalue weighted by Crippen LogP contribution is -2.70. The summed E-state index contributed by atoms with van der Waals surface area (Å²) in [4.78, 5) is 49.8. The number of nitrogens with one attached hydrogen (secondary N) is 1. The van der Waals surface area contributed by atoms with Crippen LogP contribution in [0.15, 0.2) is 30.3 Å². The molecule has 7 fully saturated rings.